The number of rotatable bonds is 2. The second-order valence-corrected chi connectivity index (χ2v) is 7.56. The van der Waals surface area contributed by atoms with Crippen molar-refractivity contribution in [3.05, 3.63) is 0 Å². The van der Waals surface area contributed by atoms with E-state index in [0.717, 1.165) is 6.26 Å². The van der Waals surface area contributed by atoms with E-state index < -0.39 is 33.9 Å². The Morgan fingerprint density at radius 1 is 1.42 bits per heavy atom. The topological polar surface area (TPSA) is 95.9 Å². The molecule has 0 aliphatic carbocycles. The number of hydrogen-bond acceptors (Lipinski definition) is 5. The van der Waals surface area contributed by atoms with Crippen molar-refractivity contribution < 1.29 is 23.1 Å². The summed E-state index contributed by atoms with van der Waals surface area (Å²) in [6, 6.07) is -0.561. The average Bonchev–Trinajstić information content (AvgIpc) is 2.16. The van der Waals surface area contributed by atoms with Crippen LogP contribution in [0.3, 0.4) is 0 Å². The molecule has 1 amide bonds. The van der Waals surface area contributed by atoms with Crippen LogP contribution in [0, 0.1) is 0 Å². The third-order valence-corrected chi connectivity index (χ3v) is 3.33. The standard InChI is InChI=1S/C11H22N2O5S/c1-11(2,3)18-10(15)13-6-5-8(9(14)7-13)12-19(4,16)17/h8-9,12,14H,5-7H2,1-4H3/t8-,9?/m1/s1. The van der Waals surface area contributed by atoms with Gasteiger partial charge in [-0.05, 0) is 27.2 Å². The van der Waals surface area contributed by atoms with Crippen LogP contribution in [-0.2, 0) is 14.8 Å². The second kappa shape index (κ2) is 5.64. The van der Waals surface area contributed by atoms with Gasteiger partial charge in [0.05, 0.1) is 24.9 Å². The molecule has 1 unspecified atom stereocenters. The number of piperidine rings is 1. The van der Waals surface area contributed by atoms with Crippen molar-refractivity contribution in [2.45, 2.75) is 44.9 Å². The molecule has 112 valence electrons. The Bertz CT molecular complexity index is 429. The van der Waals surface area contributed by atoms with Gasteiger partial charge in [-0.1, -0.05) is 0 Å². The van der Waals surface area contributed by atoms with E-state index in [1.165, 1.54) is 4.90 Å². The van der Waals surface area contributed by atoms with Crippen LogP contribution in [0.5, 0.6) is 0 Å². The van der Waals surface area contributed by atoms with Crippen molar-refractivity contribution in [1.29, 1.82) is 0 Å². The molecular weight excluding hydrogens is 272 g/mol. The van der Waals surface area contributed by atoms with E-state index in [-0.39, 0.29) is 6.54 Å². The Labute approximate surface area is 114 Å². The second-order valence-electron chi connectivity index (χ2n) is 5.78. The fourth-order valence-corrected chi connectivity index (χ4v) is 2.66. The summed E-state index contributed by atoms with van der Waals surface area (Å²) in [4.78, 5) is 13.2. The summed E-state index contributed by atoms with van der Waals surface area (Å²) in [7, 11) is -3.37. The Morgan fingerprint density at radius 2 is 2.00 bits per heavy atom. The van der Waals surface area contributed by atoms with Crippen molar-refractivity contribution in [3.63, 3.8) is 0 Å². The molecule has 0 aromatic carbocycles. The summed E-state index contributed by atoms with van der Waals surface area (Å²) in [5.74, 6) is 0. The smallest absolute Gasteiger partial charge is 0.410 e. The summed E-state index contributed by atoms with van der Waals surface area (Å²) in [5.41, 5.74) is -0.593. The highest BCUT2D eigenvalue weighted by molar-refractivity contribution is 7.88. The number of aliphatic hydroxyl groups is 1. The first-order valence-corrected chi connectivity index (χ1v) is 8.00. The molecular formula is C11H22N2O5S. The van der Waals surface area contributed by atoms with Gasteiger partial charge in [0.1, 0.15) is 5.60 Å². The third-order valence-electron chi connectivity index (χ3n) is 2.60. The number of carbonyl (C=O) groups excluding carboxylic acids is 1. The summed E-state index contributed by atoms with van der Waals surface area (Å²) in [6.45, 7) is 5.69. The van der Waals surface area contributed by atoms with Gasteiger partial charge in [0.2, 0.25) is 10.0 Å². The number of sulfonamides is 1. The number of β-amino-alcohol motifs (C(OH)–C–C–N with tert-alkyl or cyclic N) is 1. The molecule has 1 heterocycles. The molecule has 8 heteroatoms. The number of likely N-dealkylation sites (tertiary alicyclic amines) is 1. The highest BCUT2D eigenvalue weighted by Gasteiger charge is 2.33. The molecule has 0 aromatic rings. The van der Waals surface area contributed by atoms with Gasteiger partial charge in [0.15, 0.2) is 0 Å². The van der Waals surface area contributed by atoms with E-state index in [2.05, 4.69) is 4.72 Å². The number of carbonyl (C=O) groups is 1. The Balaban J connectivity index is 2.56. The van der Waals surface area contributed by atoms with Crippen molar-refractivity contribution in [2.24, 2.45) is 0 Å². The molecule has 0 aromatic heterocycles. The number of aliphatic hydroxyl groups excluding tert-OH is 1. The Morgan fingerprint density at radius 3 is 2.42 bits per heavy atom. The van der Waals surface area contributed by atoms with Crippen LogP contribution < -0.4 is 4.72 Å². The van der Waals surface area contributed by atoms with Gasteiger partial charge < -0.3 is 14.7 Å². The summed E-state index contributed by atoms with van der Waals surface area (Å²) in [5, 5.41) is 9.87. The minimum atomic E-state index is -3.37. The molecule has 0 bridgehead atoms. The zero-order chi connectivity index (χ0) is 14.8. The van der Waals surface area contributed by atoms with Gasteiger partial charge in [0.25, 0.3) is 0 Å². The minimum Gasteiger partial charge on any atom is -0.444 e. The molecule has 0 spiro atoms. The lowest BCUT2D eigenvalue weighted by atomic mass is 10.0. The lowest BCUT2D eigenvalue weighted by Crippen LogP contribution is -2.55. The molecule has 0 radical (unpaired) electrons. The van der Waals surface area contributed by atoms with Crippen LogP contribution in [-0.4, -0.2) is 61.6 Å². The van der Waals surface area contributed by atoms with E-state index in [1.807, 2.05) is 0 Å². The van der Waals surface area contributed by atoms with E-state index in [0.29, 0.717) is 13.0 Å². The molecule has 2 N–H and O–H groups in total. The van der Waals surface area contributed by atoms with E-state index in [1.54, 1.807) is 20.8 Å². The van der Waals surface area contributed by atoms with Gasteiger partial charge in [0, 0.05) is 6.54 Å². The molecule has 1 aliphatic rings. The lowest BCUT2D eigenvalue weighted by Gasteiger charge is -2.36. The summed E-state index contributed by atoms with van der Waals surface area (Å²) >= 11 is 0. The molecule has 7 nitrogen and oxygen atoms in total. The number of nitrogens with one attached hydrogen (secondary N) is 1. The molecule has 1 saturated heterocycles. The molecule has 19 heavy (non-hydrogen) atoms. The predicted molar refractivity (Wildman–Crippen MR) is 70.2 cm³/mol. The van der Waals surface area contributed by atoms with Gasteiger partial charge in [-0.15, -0.1) is 0 Å². The van der Waals surface area contributed by atoms with E-state index >= 15 is 0 Å². The van der Waals surface area contributed by atoms with Crippen LogP contribution in [0.15, 0.2) is 0 Å². The largest absolute Gasteiger partial charge is 0.444 e. The van der Waals surface area contributed by atoms with Gasteiger partial charge >= 0.3 is 6.09 Å². The van der Waals surface area contributed by atoms with E-state index in [9.17, 15) is 18.3 Å². The van der Waals surface area contributed by atoms with Crippen molar-refractivity contribution in [3.8, 4) is 0 Å². The Hall–Kier alpha value is -0.860. The third kappa shape index (κ3) is 5.75. The molecule has 1 fully saturated rings. The van der Waals surface area contributed by atoms with Gasteiger partial charge in [-0.2, -0.15) is 0 Å². The molecule has 2 atom stereocenters. The lowest BCUT2D eigenvalue weighted by molar-refractivity contribution is -0.00218. The first kappa shape index (κ1) is 16.2. The van der Waals surface area contributed by atoms with Crippen molar-refractivity contribution in [1.82, 2.24) is 9.62 Å². The zero-order valence-corrected chi connectivity index (χ0v) is 12.5. The fourth-order valence-electron chi connectivity index (χ4n) is 1.84. The monoisotopic (exact) mass is 294 g/mol. The maximum absolute atomic E-state index is 11.8. The fraction of sp³-hybridized carbons (Fsp3) is 0.909. The summed E-state index contributed by atoms with van der Waals surface area (Å²) < 4.78 is 29.8. The summed E-state index contributed by atoms with van der Waals surface area (Å²) in [6.07, 6.45) is -0.0340. The normalized spacial score (nSPS) is 25.2. The van der Waals surface area contributed by atoms with Crippen molar-refractivity contribution in [2.75, 3.05) is 19.3 Å². The van der Waals surface area contributed by atoms with E-state index in [4.69, 9.17) is 4.74 Å². The van der Waals surface area contributed by atoms with Gasteiger partial charge in [-0.25, -0.2) is 17.9 Å². The highest BCUT2D eigenvalue weighted by Crippen LogP contribution is 2.16. The molecule has 1 aliphatic heterocycles. The highest BCUT2D eigenvalue weighted by atomic mass is 32.2. The number of ether oxygens (including phenoxy) is 1. The maximum Gasteiger partial charge on any atom is 0.410 e. The molecule has 0 saturated carbocycles. The number of nitrogens with zero attached hydrogens (tertiary/aromatic N) is 1. The maximum atomic E-state index is 11.8. The molecule has 1 rings (SSSR count). The zero-order valence-electron chi connectivity index (χ0n) is 11.7. The van der Waals surface area contributed by atoms with Crippen LogP contribution in [0.4, 0.5) is 4.79 Å². The SMILES string of the molecule is CC(C)(C)OC(=O)N1CC[C@@H](NS(C)(=O)=O)C(O)C1. The number of amides is 1. The first-order valence-electron chi connectivity index (χ1n) is 6.11. The Kier molecular flexibility index (Phi) is 4.81. The van der Waals surface area contributed by atoms with Gasteiger partial charge in [-0.3, -0.25) is 0 Å². The van der Waals surface area contributed by atoms with Crippen LogP contribution in [0.2, 0.25) is 0 Å². The van der Waals surface area contributed by atoms with Crippen molar-refractivity contribution >= 4 is 16.1 Å². The number of hydrogen-bond donors (Lipinski definition) is 2. The average molecular weight is 294 g/mol. The predicted octanol–water partition coefficient (Wildman–Crippen LogP) is -0.0941. The quantitative estimate of drug-likeness (QED) is 0.742. The van der Waals surface area contributed by atoms with Crippen LogP contribution >= 0.6 is 0 Å². The first-order chi connectivity index (χ1) is 8.48. The van der Waals surface area contributed by atoms with Crippen LogP contribution in [0.1, 0.15) is 27.2 Å². The minimum absolute atomic E-state index is 0.0576. The van der Waals surface area contributed by atoms with Crippen LogP contribution in [0.25, 0.3) is 0 Å².